The van der Waals surface area contributed by atoms with Crippen LogP contribution in [0.3, 0.4) is 0 Å². The number of rotatable bonds is 3. The van der Waals surface area contributed by atoms with E-state index in [1.165, 1.54) is 12.1 Å². The molecule has 20 heavy (non-hydrogen) atoms. The Bertz CT molecular complexity index is 637. The summed E-state index contributed by atoms with van der Waals surface area (Å²) in [4.78, 5) is 14.0. The monoisotopic (exact) mass is 271 g/mol. The van der Waals surface area contributed by atoms with Gasteiger partial charge in [0.2, 0.25) is 0 Å². The van der Waals surface area contributed by atoms with E-state index in [4.69, 9.17) is 0 Å². The van der Waals surface area contributed by atoms with Gasteiger partial charge in [-0.25, -0.2) is 4.39 Å². The van der Waals surface area contributed by atoms with Crippen molar-refractivity contribution < 1.29 is 9.18 Å². The van der Waals surface area contributed by atoms with E-state index in [1.54, 1.807) is 18.0 Å². The van der Waals surface area contributed by atoms with Gasteiger partial charge in [0.25, 0.3) is 5.91 Å². The highest BCUT2D eigenvalue weighted by molar-refractivity contribution is 5.95. The van der Waals surface area contributed by atoms with Crippen LogP contribution < -0.4 is 0 Å². The third kappa shape index (κ3) is 3.05. The number of carbonyl (C=O) groups is 1. The van der Waals surface area contributed by atoms with Crippen LogP contribution in [0.5, 0.6) is 0 Å². The molecule has 0 radical (unpaired) electrons. The molecule has 3 heteroatoms. The molecule has 0 N–H and O–H groups in total. The van der Waals surface area contributed by atoms with Crippen LogP contribution >= 0.6 is 0 Å². The molecule has 0 unspecified atom stereocenters. The van der Waals surface area contributed by atoms with Crippen LogP contribution in [0, 0.1) is 19.7 Å². The number of amides is 1. The molecule has 0 heterocycles. The van der Waals surface area contributed by atoms with Gasteiger partial charge in [0, 0.05) is 19.2 Å². The minimum atomic E-state index is -0.386. The van der Waals surface area contributed by atoms with Crippen molar-refractivity contribution in [2.75, 3.05) is 7.05 Å². The van der Waals surface area contributed by atoms with Crippen LogP contribution in [0.15, 0.2) is 42.5 Å². The predicted octanol–water partition coefficient (Wildman–Crippen LogP) is 3.71. The van der Waals surface area contributed by atoms with E-state index in [2.05, 4.69) is 0 Å². The molecule has 0 bridgehead atoms. The summed E-state index contributed by atoms with van der Waals surface area (Å²) in [6, 6.07) is 12.2. The van der Waals surface area contributed by atoms with Gasteiger partial charge >= 0.3 is 0 Å². The molecule has 1 amide bonds. The van der Waals surface area contributed by atoms with Gasteiger partial charge in [-0.05, 0) is 42.7 Å². The minimum absolute atomic E-state index is 0.162. The summed E-state index contributed by atoms with van der Waals surface area (Å²) in [6.45, 7) is 4.34. The maximum atomic E-state index is 13.3. The average molecular weight is 271 g/mol. The lowest BCUT2D eigenvalue weighted by molar-refractivity contribution is 0.0783. The fourth-order valence-electron chi connectivity index (χ4n) is 2.15. The molecule has 2 aromatic rings. The standard InChI is InChI=1S/C17H18FNO/c1-12-6-4-5-7-14(12)11-19(3)17(20)16-10-15(18)9-8-13(16)2/h4-10H,11H2,1-3H3. The summed E-state index contributed by atoms with van der Waals surface area (Å²) >= 11 is 0. The van der Waals surface area contributed by atoms with Crippen molar-refractivity contribution in [3.05, 3.63) is 70.5 Å². The number of benzene rings is 2. The second-order valence-electron chi connectivity index (χ2n) is 5.05. The lowest BCUT2D eigenvalue weighted by Crippen LogP contribution is -2.27. The Balaban J connectivity index is 2.21. The molecule has 0 saturated carbocycles. The van der Waals surface area contributed by atoms with E-state index in [1.807, 2.05) is 38.1 Å². The first kappa shape index (κ1) is 14.3. The Hall–Kier alpha value is -2.16. The van der Waals surface area contributed by atoms with Crippen molar-refractivity contribution in [1.82, 2.24) is 4.90 Å². The highest BCUT2D eigenvalue weighted by Gasteiger charge is 2.15. The number of hydrogen-bond donors (Lipinski definition) is 0. The van der Waals surface area contributed by atoms with Crippen LogP contribution in [0.4, 0.5) is 4.39 Å². The van der Waals surface area contributed by atoms with E-state index < -0.39 is 0 Å². The zero-order chi connectivity index (χ0) is 14.7. The normalized spacial score (nSPS) is 10.4. The largest absolute Gasteiger partial charge is 0.337 e. The summed E-state index contributed by atoms with van der Waals surface area (Å²) in [7, 11) is 1.74. The number of halogens is 1. The van der Waals surface area contributed by atoms with E-state index in [9.17, 15) is 9.18 Å². The summed E-state index contributed by atoms with van der Waals surface area (Å²) in [5, 5.41) is 0. The Kier molecular flexibility index (Phi) is 4.18. The molecule has 104 valence electrons. The van der Waals surface area contributed by atoms with Crippen LogP contribution in [0.25, 0.3) is 0 Å². The quantitative estimate of drug-likeness (QED) is 0.833. The van der Waals surface area contributed by atoms with Crippen molar-refractivity contribution in [3.8, 4) is 0 Å². The molecule has 2 aromatic carbocycles. The lowest BCUT2D eigenvalue weighted by atomic mass is 10.1. The van der Waals surface area contributed by atoms with Gasteiger partial charge in [-0.2, -0.15) is 0 Å². The van der Waals surface area contributed by atoms with Crippen LogP contribution in [0.1, 0.15) is 27.0 Å². The summed E-state index contributed by atoms with van der Waals surface area (Å²) < 4.78 is 13.3. The zero-order valence-corrected chi connectivity index (χ0v) is 12.0. The molecule has 0 spiro atoms. The first-order chi connectivity index (χ1) is 9.49. The van der Waals surface area contributed by atoms with Crippen molar-refractivity contribution in [2.45, 2.75) is 20.4 Å². The molecular weight excluding hydrogens is 253 g/mol. The molecule has 0 aliphatic rings. The van der Waals surface area contributed by atoms with Gasteiger partial charge in [0.1, 0.15) is 5.82 Å². The molecule has 0 aliphatic carbocycles. The Morgan fingerprint density at radius 3 is 2.50 bits per heavy atom. The van der Waals surface area contributed by atoms with Gasteiger partial charge in [-0.1, -0.05) is 30.3 Å². The number of aryl methyl sites for hydroxylation is 2. The Morgan fingerprint density at radius 1 is 1.10 bits per heavy atom. The van der Waals surface area contributed by atoms with Crippen molar-refractivity contribution in [3.63, 3.8) is 0 Å². The Morgan fingerprint density at radius 2 is 1.80 bits per heavy atom. The topological polar surface area (TPSA) is 20.3 Å². The van der Waals surface area contributed by atoms with Crippen molar-refractivity contribution >= 4 is 5.91 Å². The fourth-order valence-corrected chi connectivity index (χ4v) is 2.15. The number of carbonyl (C=O) groups excluding carboxylic acids is 1. The van der Waals surface area contributed by atoms with Gasteiger partial charge < -0.3 is 4.90 Å². The van der Waals surface area contributed by atoms with E-state index in [0.717, 1.165) is 16.7 Å². The maximum absolute atomic E-state index is 13.3. The Labute approximate surface area is 118 Å². The molecule has 0 atom stereocenters. The molecule has 2 nitrogen and oxygen atoms in total. The van der Waals surface area contributed by atoms with E-state index >= 15 is 0 Å². The second-order valence-corrected chi connectivity index (χ2v) is 5.05. The molecule has 2 rings (SSSR count). The van der Waals surface area contributed by atoms with Gasteiger partial charge in [-0.3, -0.25) is 4.79 Å². The molecule has 0 fully saturated rings. The van der Waals surface area contributed by atoms with Gasteiger partial charge in [0.15, 0.2) is 0 Å². The smallest absolute Gasteiger partial charge is 0.254 e. The third-order valence-electron chi connectivity index (χ3n) is 3.45. The van der Waals surface area contributed by atoms with Crippen molar-refractivity contribution in [1.29, 1.82) is 0 Å². The number of hydrogen-bond acceptors (Lipinski definition) is 1. The number of nitrogens with zero attached hydrogens (tertiary/aromatic N) is 1. The lowest BCUT2D eigenvalue weighted by Gasteiger charge is -2.19. The second kappa shape index (κ2) is 5.87. The third-order valence-corrected chi connectivity index (χ3v) is 3.45. The maximum Gasteiger partial charge on any atom is 0.254 e. The average Bonchev–Trinajstić information content (AvgIpc) is 2.43. The first-order valence-corrected chi connectivity index (χ1v) is 6.55. The van der Waals surface area contributed by atoms with Gasteiger partial charge in [-0.15, -0.1) is 0 Å². The molecule has 0 aliphatic heterocycles. The first-order valence-electron chi connectivity index (χ1n) is 6.55. The SMILES string of the molecule is Cc1ccccc1CN(C)C(=O)c1cc(F)ccc1C. The highest BCUT2D eigenvalue weighted by atomic mass is 19.1. The van der Waals surface area contributed by atoms with E-state index in [-0.39, 0.29) is 11.7 Å². The summed E-state index contributed by atoms with van der Waals surface area (Å²) in [5.41, 5.74) is 3.44. The van der Waals surface area contributed by atoms with E-state index in [0.29, 0.717) is 12.1 Å². The van der Waals surface area contributed by atoms with Gasteiger partial charge in [0.05, 0.1) is 0 Å². The summed E-state index contributed by atoms with van der Waals surface area (Å²) in [6.07, 6.45) is 0. The van der Waals surface area contributed by atoms with Crippen LogP contribution in [0.2, 0.25) is 0 Å². The molecular formula is C17H18FNO. The van der Waals surface area contributed by atoms with Crippen LogP contribution in [-0.4, -0.2) is 17.9 Å². The van der Waals surface area contributed by atoms with Crippen LogP contribution in [-0.2, 0) is 6.54 Å². The summed E-state index contributed by atoms with van der Waals surface area (Å²) in [5.74, 6) is -0.548. The molecule has 0 aromatic heterocycles. The van der Waals surface area contributed by atoms with Crippen molar-refractivity contribution in [2.24, 2.45) is 0 Å². The minimum Gasteiger partial charge on any atom is -0.337 e. The molecule has 0 saturated heterocycles. The zero-order valence-electron chi connectivity index (χ0n) is 12.0. The highest BCUT2D eigenvalue weighted by Crippen LogP contribution is 2.15. The fraction of sp³-hybridized carbons (Fsp3) is 0.235. The predicted molar refractivity (Wildman–Crippen MR) is 78.1 cm³/mol.